The van der Waals surface area contributed by atoms with E-state index >= 15 is 0 Å². The van der Waals surface area contributed by atoms with Crippen molar-refractivity contribution in [3.05, 3.63) is 40.4 Å². The molecule has 27 heavy (non-hydrogen) atoms. The molecule has 0 atom stereocenters. The Labute approximate surface area is 162 Å². The second kappa shape index (κ2) is 8.01. The number of hydrogen-bond donors (Lipinski definition) is 3. The van der Waals surface area contributed by atoms with Crippen LogP contribution in [0.2, 0.25) is 0 Å². The van der Waals surface area contributed by atoms with Gasteiger partial charge in [0.2, 0.25) is 0 Å². The number of nitrogens with zero attached hydrogens (tertiary/aromatic N) is 3. The number of hydrogen-bond acceptors (Lipinski definition) is 8. The number of aryl methyl sites for hydroxylation is 1. The van der Waals surface area contributed by atoms with Gasteiger partial charge >= 0.3 is 0 Å². The van der Waals surface area contributed by atoms with E-state index in [1.807, 2.05) is 6.92 Å². The molecule has 2 heterocycles. The van der Waals surface area contributed by atoms with E-state index in [1.165, 1.54) is 23.5 Å². The molecule has 6 nitrogen and oxygen atoms in total. The second-order valence-electron chi connectivity index (χ2n) is 6.24. The number of benzene rings is 1. The summed E-state index contributed by atoms with van der Waals surface area (Å²) in [6.07, 6.45) is 0. The third-order valence-electron chi connectivity index (χ3n) is 3.85. The molecular weight excluding hydrogens is 394 g/mol. The summed E-state index contributed by atoms with van der Waals surface area (Å²) < 4.78 is 27.9. The van der Waals surface area contributed by atoms with E-state index in [0.717, 1.165) is 22.8 Å². The van der Waals surface area contributed by atoms with Gasteiger partial charge in [-0.1, -0.05) is 23.9 Å². The van der Waals surface area contributed by atoms with Gasteiger partial charge in [0.15, 0.2) is 28.3 Å². The van der Waals surface area contributed by atoms with E-state index in [4.69, 9.17) is 0 Å². The highest BCUT2D eigenvalue weighted by Crippen LogP contribution is 2.32. The summed E-state index contributed by atoms with van der Waals surface area (Å²) in [5, 5.41) is 23.2. The molecule has 1 aromatic carbocycles. The first-order valence-electron chi connectivity index (χ1n) is 8.06. The van der Waals surface area contributed by atoms with E-state index in [2.05, 4.69) is 20.3 Å². The molecule has 0 spiro atoms. The number of nitrogens with one attached hydrogen (secondary N) is 1. The molecule has 0 radical (unpaired) electrons. The molecule has 3 rings (SSSR count). The number of thiazole rings is 1. The van der Waals surface area contributed by atoms with Crippen molar-refractivity contribution in [3.63, 3.8) is 0 Å². The number of anilines is 1. The molecule has 3 N–H and O–H groups in total. The van der Waals surface area contributed by atoms with Crippen molar-refractivity contribution in [3.8, 4) is 0 Å². The summed E-state index contributed by atoms with van der Waals surface area (Å²) in [6, 6.07) is 4.02. The van der Waals surface area contributed by atoms with Crippen LogP contribution in [-0.2, 0) is 5.75 Å². The number of fused-ring (bicyclic) bond motifs is 1. The van der Waals surface area contributed by atoms with Gasteiger partial charge in [0, 0.05) is 11.3 Å². The Balaban J connectivity index is 1.93. The minimum atomic E-state index is -0.976. The van der Waals surface area contributed by atoms with Crippen molar-refractivity contribution < 1.29 is 19.0 Å². The molecule has 2 aromatic heterocycles. The fraction of sp³-hybridized carbons (Fsp3) is 0.353. The molecular formula is C17H18F2N4O2S2. The zero-order valence-corrected chi connectivity index (χ0v) is 16.3. The first kappa shape index (κ1) is 19.9. The van der Waals surface area contributed by atoms with E-state index < -0.39 is 17.2 Å². The van der Waals surface area contributed by atoms with Gasteiger partial charge in [0.05, 0.1) is 23.8 Å². The van der Waals surface area contributed by atoms with Crippen LogP contribution in [0.3, 0.4) is 0 Å². The number of halogens is 2. The standard InChI is InChI=1S/C17H18F2N4O2S2/c1-9-20-14-13(27-9)15(23-17(2,7-24)8-25)22-16(21-14)26-6-10-4-3-5-11(18)12(10)19/h3-5,24-25H,6-8H2,1-2H3,(H,21,22,23). The normalized spacial score (nSPS) is 11.9. The average molecular weight is 412 g/mol. The fourth-order valence-electron chi connectivity index (χ4n) is 2.27. The summed E-state index contributed by atoms with van der Waals surface area (Å²) in [7, 11) is 0. The second-order valence-corrected chi connectivity index (χ2v) is 8.39. The Hall–Kier alpha value is -1.88. The van der Waals surface area contributed by atoms with Crippen LogP contribution in [0.15, 0.2) is 23.4 Å². The summed E-state index contributed by atoms with van der Waals surface area (Å²) in [6.45, 7) is 2.89. The highest BCUT2D eigenvalue weighted by molar-refractivity contribution is 7.98. The van der Waals surface area contributed by atoms with Crippen LogP contribution in [-0.4, -0.2) is 43.9 Å². The van der Waals surface area contributed by atoms with Gasteiger partial charge < -0.3 is 15.5 Å². The Morgan fingerprint density at radius 2 is 1.93 bits per heavy atom. The topological polar surface area (TPSA) is 91.2 Å². The molecule has 0 aliphatic rings. The number of thioether (sulfide) groups is 1. The van der Waals surface area contributed by atoms with Gasteiger partial charge in [-0.3, -0.25) is 0 Å². The van der Waals surface area contributed by atoms with Crippen molar-refractivity contribution in [1.82, 2.24) is 15.0 Å². The minimum Gasteiger partial charge on any atom is -0.394 e. The number of aliphatic hydroxyl groups is 2. The average Bonchev–Trinajstić information content (AvgIpc) is 3.03. The SMILES string of the molecule is Cc1nc2nc(SCc3cccc(F)c3F)nc(NC(C)(CO)CO)c2s1. The molecule has 144 valence electrons. The zero-order valence-electron chi connectivity index (χ0n) is 14.7. The predicted molar refractivity (Wildman–Crippen MR) is 102 cm³/mol. The quantitative estimate of drug-likeness (QED) is 0.406. The molecule has 10 heteroatoms. The van der Waals surface area contributed by atoms with Gasteiger partial charge in [0.25, 0.3) is 0 Å². The Bertz CT molecular complexity index is 964. The number of rotatable bonds is 7. The van der Waals surface area contributed by atoms with Gasteiger partial charge in [-0.15, -0.1) is 11.3 Å². The van der Waals surface area contributed by atoms with Crippen molar-refractivity contribution in [1.29, 1.82) is 0 Å². The zero-order chi connectivity index (χ0) is 19.6. The lowest BCUT2D eigenvalue weighted by molar-refractivity contribution is 0.147. The largest absolute Gasteiger partial charge is 0.394 e. The minimum absolute atomic E-state index is 0.148. The predicted octanol–water partition coefficient (Wildman–Crippen LogP) is 3.12. The first-order valence-corrected chi connectivity index (χ1v) is 9.86. The van der Waals surface area contributed by atoms with Crippen molar-refractivity contribution >= 4 is 39.3 Å². The van der Waals surface area contributed by atoms with Crippen LogP contribution >= 0.6 is 23.1 Å². The van der Waals surface area contributed by atoms with Crippen molar-refractivity contribution in [2.45, 2.75) is 30.3 Å². The maximum absolute atomic E-state index is 13.8. The molecule has 0 aliphatic carbocycles. The number of aliphatic hydroxyl groups excluding tert-OH is 2. The summed E-state index contributed by atoms with van der Waals surface area (Å²) in [5.74, 6) is -1.21. The van der Waals surface area contributed by atoms with Crippen LogP contribution < -0.4 is 5.32 Å². The highest BCUT2D eigenvalue weighted by atomic mass is 32.2. The Kier molecular flexibility index (Phi) is 5.89. The van der Waals surface area contributed by atoms with Crippen LogP contribution in [0.5, 0.6) is 0 Å². The molecule has 3 aromatic rings. The lowest BCUT2D eigenvalue weighted by Gasteiger charge is -2.27. The van der Waals surface area contributed by atoms with E-state index in [-0.39, 0.29) is 24.5 Å². The molecule has 0 saturated carbocycles. The van der Waals surface area contributed by atoms with Gasteiger partial charge in [-0.2, -0.15) is 0 Å². The number of aromatic nitrogens is 3. The molecule has 0 fully saturated rings. The summed E-state index contributed by atoms with van der Waals surface area (Å²) in [5.41, 5.74) is -0.297. The van der Waals surface area contributed by atoms with E-state index in [0.29, 0.717) is 21.3 Å². The Morgan fingerprint density at radius 3 is 2.63 bits per heavy atom. The maximum atomic E-state index is 13.8. The van der Waals surface area contributed by atoms with Crippen LogP contribution in [0, 0.1) is 18.6 Å². The molecule has 0 saturated heterocycles. The van der Waals surface area contributed by atoms with Crippen LogP contribution in [0.25, 0.3) is 10.3 Å². The van der Waals surface area contributed by atoms with E-state index in [1.54, 1.807) is 6.92 Å². The summed E-state index contributed by atoms with van der Waals surface area (Å²) >= 11 is 2.53. The molecule has 0 unspecified atom stereocenters. The maximum Gasteiger partial charge on any atom is 0.191 e. The van der Waals surface area contributed by atoms with E-state index in [9.17, 15) is 19.0 Å². The monoisotopic (exact) mass is 412 g/mol. The van der Waals surface area contributed by atoms with Gasteiger partial charge in [0.1, 0.15) is 4.70 Å². The smallest absolute Gasteiger partial charge is 0.191 e. The van der Waals surface area contributed by atoms with Crippen LogP contribution in [0.4, 0.5) is 14.6 Å². The van der Waals surface area contributed by atoms with Gasteiger partial charge in [-0.25, -0.2) is 23.7 Å². The molecule has 0 bridgehead atoms. The molecule has 0 aliphatic heterocycles. The Morgan fingerprint density at radius 1 is 1.19 bits per heavy atom. The van der Waals surface area contributed by atoms with Crippen LogP contribution in [0.1, 0.15) is 17.5 Å². The summed E-state index contributed by atoms with van der Waals surface area (Å²) in [4.78, 5) is 13.2. The fourth-order valence-corrected chi connectivity index (χ4v) is 3.89. The molecule has 0 amide bonds. The third kappa shape index (κ3) is 4.34. The third-order valence-corrected chi connectivity index (χ3v) is 5.71. The first-order chi connectivity index (χ1) is 12.8. The lowest BCUT2D eigenvalue weighted by atomic mass is 10.1. The lowest BCUT2D eigenvalue weighted by Crippen LogP contribution is -2.42. The highest BCUT2D eigenvalue weighted by Gasteiger charge is 2.25. The van der Waals surface area contributed by atoms with Crippen molar-refractivity contribution in [2.75, 3.05) is 18.5 Å². The van der Waals surface area contributed by atoms with Gasteiger partial charge in [-0.05, 0) is 19.9 Å². The van der Waals surface area contributed by atoms with Crippen molar-refractivity contribution in [2.24, 2.45) is 0 Å².